The number of aryl methyl sites for hydroxylation is 1. The molecule has 1 aromatic heterocycles. The van der Waals surface area contributed by atoms with Gasteiger partial charge in [-0.15, -0.1) is 10.2 Å². The second-order valence-electron chi connectivity index (χ2n) is 4.92. The quantitative estimate of drug-likeness (QED) is 0.699. The average Bonchev–Trinajstić information content (AvgIpc) is 3.05. The van der Waals surface area contributed by atoms with E-state index in [1.807, 2.05) is 49.4 Å². The van der Waals surface area contributed by atoms with E-state index in [1.165, 1.54) is 16.9 Å². The van der Waals surface area contributed by atoms with E-state index in [1.54, 1.807) is 11.8 Å². The zero-order chi connectivity index (χ0) is 16.1. The predicted octanol–water partition coefficient (Wildman–Crippen LogP) is 4.39. The molecule has 0 saturated carbocycles. The highest BCUT2D eigenvalue weighted by Gasteiger charge is 2.14. The van der Waals surface area contributed by atoms with Gasteiger partial charge in [-0.3, -0.25) is 4.79 Å². The lowest BCUT2D eigenvalue weighted by Crippen LogP contribution is -2.12. The molecule has 0 atom stereocenters. The number of nitrogens with one attached hydrogen (secondary N) is 1. The van der Waals surface area contributed by atoms with E-state index in [0.29, 0.717) is 5.01 Å². The lowest BCUT2D eigenvalue weighted by molar-refractivity contribution is 0.102. The molecule has 0 aliphatic rings. The minimum absolute atomic E-state index is 0.219. The number of amides is 1. The van der Waals surface area contributed by atoms with Crippen LogP contribution in [0.3, 0.4) is 0 Å². The molecule has 2 aromatic carbocycles. The van der Waals surface area contributed by atoms with Gasteiger partial charge in [0.2, 0.25) is 5.01 Å². The van der Waals surface area contributed by atoms with Gasteiger partial charge in [0.15, 0.2) is 4.34 Å². The molecule has 0 bridgehead atoms. The Morgan fingerprint density at radius 3 is 2.61 bits per heavy atom. The molecule has 3 aromatic rings. The fourth-order valence-corrected chi connectivity index (χ4v) is 3.67. The van der Waals surface area contributed by atoms with Crippen molar-refractivity contribution < 1.29 is 4.79 Å². The molecule has 0 unspecified atom stereocenters. The molecular weight excluding hydrogens is 326 g/mol. The summed E-state index contributed by atoms with van der Waals surface area (Å²) in [6, 6.07) is 17.8. The third-order valence-corrected chi connectivity index (χ3v) is 5.33. The van der Waals surface area contributed by atoms with Crippen molar-refractivity contribution in [1.82, 2.24) is 10.2 Å². The molecule has 1 N–H and O–H groups in total. The largest absolute Gasteiger partial charge is 0.320 e. The zero-order valence-electron chi connectivity index (χ0n) is 12.5. The Morgan fingerprint density at radius 2 is 1.83 bits per heavy atom. The number of carbonyl (C=O) groups excluding carboxylic acids is 1. The first-order valence-electron chi connectivity index (χ1n) is 7.09. The Bertz CT molecular complexity index is 802. The minimum Gasteiger partial charge on any atom is -0.320 e. The van der Waals surface area contributed by atoms with Crippen molar-refractivity contribution in [2.75, 3.05) is 5.32 Å². The molecule has 0 aliphatic carbocycles. The average molecular weight is 341 g/mol. The summed E-state index contributed by atoms with van der Waals surface area (Å²) in [4.78, 5) is 12.2. The first kappa shape index (κ1) is 15.7. The number of hydrogen-bond donors (Lipinski definition) is 1. The highest BCUT2D eigenvalue weighted by atomic mass is 32.2. The fourth-order valence-electron chi connectivity index (χ4n) is 1.97. The Labute approximate surface area is 143 Å². The molecule has 23 heavy (non-hydrogen) atoms. The Kier molecular flexibility index (Phi) is 5.05. The van der Waals surface area contributed by atoms with Crippen LogP contribution in [0, 0.1) is 6.92 Å². The summed E-state index contributed by atoms with van der Waals surface area (Å²) >= 11 is 2.90. The minimum atomic E-state index is -0.219. The second-order valence-corrected chi connectivity index (χ2v) is 7.12. The number of aromatic nitrogens is 2. The van der Waals surface area contributed by atoms with Gasteiger partial charge in [0.25, 0.3) is 5.91 Å². The fraction of sp³-hybridized carbons (Fsp3) is 0.118. The van der Waals surface area contributed by atoms with E-state index in [0.717, 1.165) is 21.3 Å². The van der Waals surface area contributed by atoms with Gasteiger partial charge < -0.3 is 5.32 Å². The second kappa shape index (κ2) is 7.39. The SMILES string of the molecule is Cc1ccccc1NC(=O)c1nnc(SCc2ccccc2)s1. The van der Waals surface area contributed by atoms with Crippen LogP contribution in [0.4, 0.5) is 5.69 Å². The number of nitrogens with zero attached hydrogens (tertiary/aromatic N) is 2. The van der Waals surface area contributed by atoms with Crippen LogP contribution >= 0.6 is 23.1 Å². The van der Waals surface area contributed by atoms with Crippen molar-refractivity contribution in [2.45, 2.75) is 17.0 Å². The first-order chi connectivity index (χ1) is 11.2. The van der Waals surface area contributed by atoms with E-state index >= 15 is 0 Å². The maximum absolute atomic E-state index is 12.2. The number of hydrogen-bond acceptors (Lipinski definition) is 5. The smallest absolute Gasteiger partial charge is 0.286 e. The lowest BCUT2D eigenvalue weighted by Gasteiger charge is -2.05. The Hall–Kier alpha value is -2.18. The summed E-state index contributed by atoms with van der Waals surface area (Å²) in [5.41, 5.74) is 3.04. The van der Waals surface area contributed by atoms with Gasteiger partial charge in [-0.2, -0.15) is 0 Å². The summed E-state index contributed by atoms with van der Waals surface area (Å²) < 4.78 is 0.795. The first-order valence-corrected chi connectivity index (χ1v) is 8.90. The predicted molar refractivity (Wildman–Crippen MR) is 95.0 cm³/mol. The van der Waals surface area contributed by atoms with E-state index in [-0.39, 0.29) is 5.91 Å². The van der Waals surface area contributed by atoms with Crippen LogP contribution in [0.5, 0.6) is 0 Å². The van der Waals surface area contributed by atoms with Crippen molar-refractivity contribution >= 4 is 34.7 Å². The molecule has 0 aliphatic heterocycles. The molecule has 0 spiro atoms. The van der Waals surface area contributed by atoms with Gasteiger partial charge in [0.05, 0.1) is 0 Å². The molecule has 3 rings (SSSR count). The van der Waals surface area contributed by atoms with Crippen LogP contribution in [0.25, 0.3) is 0 Å². The van der Waals surface area contributed by atoms with Gasteiger partial charge in [0, 0.05) is 11.4 Å². The number of rotatable bonds is 5. The number of thioether (sulfide) groups is 1. The standard InChI is InChI=1S/C17H15N3OS2/c1-12-7-5-6-10-14(12)18-15(21)16-19-20-17(23-16)22-11-13-8-3-2-4-9-13/h2-10H,11H2,1H3,(H,18,21). The summed E-state index contributed by atoms with van der Waals surface area (Å²) in [5, 5.41) is 11.3. The highest BCUT2D eigenvalue weighted by molar-refractivity contribution is 8.00. The van der Waals surface area contributed by atoms with Gasteiger partial charge in [-0.25, -0.2) is 0 Å². The molecule has 0 fully saturated rings. The summed E-state index contributed by atoms with van der Waals surface area (Å²) in [6.45, 7) is 1.96. The van der Waals surface area contributed by atoms with E-state index in [2.05, 4.69) is 27.6 Å². The third kappa shape index (κ3) is 4.18. The van der Waals surface area contributed by atoms with Crippen molar-refractivity contribution in [1.29, 1.82) is 0 Å². The van der Waals surface area contributed by atoms with E-state index < -0.39 is 0 Å². The van der Waals surface area contributed by atoms with Gasteiger partial charge in [0.1, 0.15) is 0 Å². The summed E-state index contributed by atoms with van der Waals surface area (Å²) in [5.74, 6) is 0.595. The molecule has 4 nitrogen and oxygen atoms in total. The molecule has 116 valence electrons. The monoisotopic (exact) mass is 341 g/mol. The van der Waals surface area contributed by atoms with Gasteiger partial charge in [-0.05, 0) is 24.1 Å². The molecular formula is C17H15N3OS2. The molecule has 6 heteroatoms. The van der Waals surface area contributed by atoms with Crippen LogP contribution in [0.15, 0.2) is 58.9 Å². The topological polar surface area (TPSA) is 54.9 Å². The molecule has 1 amide bonds. The Morgan fingerprint density at radius 1 is 1.09 bits per heavy atom. The molecule has 0 saturated heterocycles. The van der Waals surface area contributed by atoms with Crippen molar-refractivity contribution in [3.63, 3.8) is 0 Å². The van der Waals surface area contributed by atoms with E-state index in [9.17, 15) is 4.79 Å². The van der Waals surface area contributed by atoms with Crippen LogP contribution in [0.1, 0.15) is 20.9 Å². The Balaban J connectivity index is 1.62. The number of benzene rings is 2. The molecule has 1 heterocycles. The number of carbonyl (C=O) groups is 1. The summed E-state index contributed by atoms with van der Waals surface area (Å²) in [7, 11) is 0. The number of anilines is 1. The highest BCUT2D eigenvalue weighted by Crippen LogP contribution is 2.26. The van der Waals surface area contributed by atoms with Gasteiger partial charge >= 0.3 is 0 Å². The van der Waals surface area contributed by atoms with Crippen molar-refractivity contribution in [3.05, 3.63) is 70.7 Å². The van der Waals surface area contributed by atoms with Crippen molar-refractivity contribution in [3.8, 4) is 0 Å². The van der Waals surface area contributed by atoms with Crippen LogP contribution < -0.4 is 5.32 Å². The maximum Gasteiger partial charge on any atom is 0.286 e. The maximum atomic E-state index is 12.2. The van der Waals surface area contributed by atoms with Crippen LogP contribution in [-0.2, 0) is 5.75 Å². The van der Waals surface area contributed by atoms with E-state index in [4.69, 9.17) is 0 Å². The van der Waals surface area contributed by atoms with Gasteiger partial charge in [-0.1, -0.05) is 71.6 Å². The number of para-hydroxylation sites is 1. The third-order valence-electron chi connectivity index (χ3n) is 3.20. The normalized spacial score (nSPS) is 10.5. The van der Waals surface area contributed by atoms with Crippen LogP contribution in [0.2, 0.25) is 0 Å². The zero-order valence-corrected chi connectivity index (χ0v) is 14.2. The summed E-state index contributed by atoms with van der Waals surface area (Å²) in [6.07, 6.45) is 0. The van der Waals surface area contributed by atoms with Crippen molar-refractivity contribution in [2.24, 2.45) is 0 Å². The lowest BCUT2D eigenvalue weighted by atomic mass is 10.2. The van der Waals surface area contributed by atoms with Crippen LogP contribution in [-0.4, -0.2) is 16.1 Å². The molecule has 0 radical (unpaired) electrons.